The van der Waals surface area contributed by atoms with Gasteiger partial charge in [0.05, 0.1) is 6.54 Å². The number of benzene rings is 2. The molecular weight excluding hydrogens is 326 g/mol. The largest absolute Gasteiger partial charge is 0.491 e. The fourth-order valence-corrected chi connectivity index (χ4v) is 2.26. The molecule has 1 atom stereocenters. The first-order valence-corrected chi connectivity index (χ1v) is 8.24. The van der Waals surface area contributed by atoms with Crippen LogP contribution in [0.5, 0.6) is 11.5 Å². The number of nitrogens with one attached hydrogen (secondary N) is 1. The summed E-state index contributed by atoms with van der Waals surface area (Å²) in [6.45, 7) is 6.59. The van der Waals surface area contributed by atoms with Crippen LogP contribution in [0.3, 0.4) is 0 Å². The maximum absolute atomic E-state index is 12.0. The Kier molecular flexibility index (Phi) is 6.50. The maximum atomic E-state index is 12.0. The molecular formula is C19H22ClNO3. The van der Waals surface area contributed by atoms with Gasteiger partial charge >= 0.3 is 0 Å². The minimum Gasteiger partial charge on any atom is -0.491 e. The molecule has 2 aromatic carbocycles. The zero-order chi connectivity index (χ0) is 17.5. The van der Waals surface area contributed by atoms with Gasteiger partial charge in [-0.05, 0) is 62.2 Å². The summed E-state index contributed by atoms with van der Waals surface area (Å²) in [5.41, 5.74) is 2.30. The molecule has 0 saturated carbocycles. The maximum Gasteiger partial charge on any atom is 0.260 e. The monoisotopic (exact) mass is 347 g/mol. The first kappa shape index (κ1) is 18.1. The standard InChI is InChI=1S/C19H22ClNO3/c1-13-5-4-6-18(14(13)2)23-12-11-21-19(22)15(3)24-17-9-7-16(20)8-10-17/h4-10,15H,11-12H2,1-3H3,(H,21,22)/t15-/m0/s1. The van der Waals surface area contributed by atoms with Crippen molar-refractivity contribution in [3.63, 3.8) is 0 Å². The van der Waals surface area contributed by atoms with Crippen molar-refractivity contribution in [2.75, 3.05) is 13.2 Å². The summed E-state index contributed by atoms with van der Waals surface area (Å²) in [4.78, 5) is 12.0. The van der Waals surface area contributed by atoms with Crippen molar-refractivity contribution in [1.82, 2.24) is 5.32 Å². The van der Waals surface area contributed by atoms with Crippen LogP contribution in [0.2, 0.25) is 5.02 Å². The lowest BCUT2D eigenvalue weighted by atomic mass is 10.1. The van der Waals surface area contributed by atoms with E-state index >= 15 is 0 Å². The molecule has 5 heteroatoms. The van der Waals surface area contributed by atoms with Crippen molar-refractivity contribution in [3.8, 4) is 11.5 Å². The molecule has 0 aliphatic heterocycles. The Morgan fingerprint density at radius 3 is 2.58 bits per heavy atom. The number of hydrogen-bond donors (Lipinski definition) is 1. The first-order chi connectivity index (χ1) is 11.5. The molecule has 0 aliphatic rings. The quantitative estimate of drug-likeness (QED) is 0.772. The molecule has 128 valence electrons. The van der Waals surface area contributed by atoms with Crippen LogP contribution < -0.4 is 14.8 Å². The van der Waals surface area contributed by atoms with E-state index in [0.29, 0.717) is 23.9 Å². The lowest BCUT2D eigenvalue weighted by molar-refractivity contribution is -0.127. The summed E-state index contributed by atoms with van der Waals surface area (Å²) in [6, 6.07) is 12.8. The van der Waals surface area contributed by atoms with E-state index in [2.05, 4.69) is 5.32 Å². The Hall–Kier alpha value is -2.20. The number of ether oxygens (including phenoxy) is 2. The molecule has 0 unspecified atom stereocenters. The van der Waals surface area contributed by atoms with Crippen molar-refractivity contribution >= 4 is 17.5 Å². The molecule has 0 saturated heterocycles. The van der Waals surface area contributed by atoms with Gasteiger partial charge in [0.1, 0.15) is 18.1 Å². The van der Waals surface area contributed by atoms with Crippen LogP contribution in [0.15, 0.2) is 42.5 Å². The topological polar surface area (TPSA) is 47.6 Å². The number of carbonyl (C=O) groups is 1. The van der Waals surface area contributed by atoms with Crippen LogP contribution >= 0.6 is 11.6 Å². The van der Waals surface area contributed by atoms with Crippen LogP contribution in [-0.2, 0) is 4.79 Å². The summed E-state index contributed by atoms with van der Waals surface area (Å²) in [5.74, 6) is 1.26. The van der Waals surface area contributed by atoms with Gasteiger partial charge in [-0.15, -0.1) is 0 Å². The molecule has 0 heterocycles. The van der Waals surface area contributed by atoms with Gasteiger partial charge in [0.2, 0.25) is 0 Å². The molecule has 0 aromatic heterocycles. The van der Waals surface area contributed by atoms with E-state index in [0.717, 1.165) is 11.3 Å². The average Bonchev–Trinajstić information content (AvgIpc) is 2.57. The SMILES string of the molecule is Cc1cccc(OCCNC(=O)[C@H](C)Oc2ccc(Cl)cc2)c1C. The molecule has 0 spiro atoms. The molecule has 1 amide bonds. The van der Waals surface area contributed by atoms with Gasteiger partial charge in [-0.25, -0.2) is 0 Å². The normalized spacial score (nSPS) is 11.7. The number of carbonyl (C=O) groups excluding carboxylic acids is 1. The summed E-state index contributed by atoms with van der Waals surface area (Å²) < 4.78 is 11.3. The van der Waals surface area contributed by atoms with Crippen LogP contribution in [-0.4, -0.2) is 25.2 Å². The Labute approximate surface area is 147 Å². The number of amides is 1. The average molecular weight is 348 g/mol. The van der Waals surface area contributed by atoms with Gasteiger partial charge in [0.15, 0.2) is 6.10 Å². The first-order valence-electron chi connectivity index (χ1n) is 7.86. The third-order valence-corrected chi connectivity index (χ3v) is 3.96. The van der Waals surface area contributed by atoms with Crippen LogP contribution in [0.4, 0.5) is 0 Å². The highest BCUT2D eigenvalue weighted by Crippen LogP contribution is 2.20. The van der Waals surface area contributed by atoms with Crippen molar-refractivity contribution in [2.24, 2.45) is 0 Å². The fraction of sp³-hybridized carbons (Fsp3) is 0.316. The molecule has 24 heavy (non-hydrogen) atoms. The predicted octanol–water partition coefficient (Wildman–Crippen LogP) is 3.92. The number of aryl methyl sites for hydroxylation is 1. The molecule has 2 rings (SSSR count). The van der Waals surface area contributed by atoms with Gasteiger partial charge in [-0.2, -0.15) is 0 Å². The summed E-state index contributed by atoms with van der Waals surface area (Å²) in [6.07, 6.45) is -0.591. The van der Waals surface area contributed by atoms with Gasteiger partial charge in [-0.3, -0.25) is 4.79 Å². The van der Waals surface area contributed by atoms with Gasteiger partial charge in [0.25, 0.3) is 5.91 Å². The van der Waals surface area contributed by atoms with Crippen molar-refractivity contribution in [3.05, 3.63) is 58.6 Å². The van der Waals surface area contributed by atoms with Gasteiger partial charge < -0.3 is 14.8 Å². The second-order valence-electron chi connectivity index (χ2n) is 5.55. The van der Waals surface area contributed by atoms with Crippen LogP contribution in [0.1, 0.15) is 18.1 Å². The second-order valence-corrected chi connectivity index (χ2v) is 5.99. The smallest absolute Gasteiger partial charge is 0.260 e. The van der Waals surface area contributed by atoms with Gasteiger partial charge in [0, 0.05) is 5.02 Å². The Morgan fingerprint density at radius 1 is 1.17 bits per heavy atom. The molecule has 0 bridgehead atoms. The lowest BCUT2D eigenvalue weighted by Gasteiger charge is -2.15. The Balaban J connectivity index is 1.74. The zero-order valence-corrected chi connectivity index (χ0v) is 14.9. The van der Waals surface area contributed by atoms with Crippen LogP contribution in [0.25, 0.3) is 0 Å². The molecule has 2 aromatic rings. The van der Waals surface area contributed by atoms with Gasteiger partial charge in [-0.1, -0.05) is 23.7 Å². The fourth-order valence-electron chi connectivity index (χ4n) is 2.13. The second kappa shape index (κ2) is 8.60. The molecule has 0 fully saturated rings. The summed E-state index contributed by atoms with van der Waals surface area (Å²) in [7, 11) is 0. The highest BCUT2D eigenvalue weighted by atomic mass is 35.5. The van der Waals surface area contributed by atoms with Crippen molar-refractivity contribution in [1.29, 1.82) is 0 Å². The third-order valence-electron chi connectivity index (χ3n) is 3.71. The highest BCUT2D eigenvalue weighted by Gasteiger charge is 2.14. The minimum absolute atomic E-state index is 0.186. The minimum atomic E-state index is -0.591. The highest BCUT2D eigenvalue weighted by molar-refractivity contribution is 6.30. The molecule has 0 aliphatic carbocycles. The number of rotatable bonds is 7. The van der Waals surface area contributed by atoms with E-state index in [4.69, 9.17) is 21.1 Å². The lowest BCUT2D eigenvalue weighted by Crippen LogP contribution is -2.38. The Bertz CT molecular complexity index is 686. The van der Waals surface area contributed by atoms with Crippen LogP contribution in [0, 0.1) is 13.8 Å². The van der Waals surface area contributed by atoms with E-state index in [1.54, 1.807) is 31.2 Å². The van der Waals surface area contributed by atoms with E-state index < -0.39 is 6.10 Å². The summed E-state index contributed by atoms with van der Waals surface area (Å²) >= 11 is 5.82. The predicted molar refractivity (Wildman–Crippen MR) is 96.0 cm³/mol. The van der Waals surface area contributed by atoms with E-state index in [-0.39, 0.29) is 5.91 Å². The number of hydrogen-bond acceptors (Lipinski definition) is 3. The molecule has 0 radical (unpaired) electrons. The van der Waals surface area contributed by atoms with E-state index in [9.17, 15) is 4.79 Å². The van der Waals surface area contributed by atoms with E-state index in [1.165, 1.54) is 5.56 Å². The molecule has 1 N–H and O–H groups in total. The zero-order valence-electron chi connectivity index (χ0n) is 14.1. The molecule has 4 nitrogen and oxygen atoms in total. The van der Waals surface area contributed by atoms with E-state index in [1.807, 2.05) is 32.0 Å². The summed E-state index contributed by atoms with van der Waals surface area (Å²) in [5, 5.41) is 3.43. The van der Waals surface area contributed by atoms with Crippen molar-refractivity contribution < 1.29 is 14.3 Å². The third kappa shape index (κ3) is 5.17. The Morgan fingerprint density at radius 2 is 1.88 bits per heavy atom. The van der Waals surface area contributed by atoms with Crippen molar-refractivity contribution in [2.45, 2.75) is 26.9 Å². The number of halogens is 1.